The second kappa shape index (κ2) is 10.0. The van der Waals surface area contributed by atoms with Crippen LogP contribution in [0.25, 0.3) is 0 Å². The van der Waals surface area contributed by atoms with Crippen LogP contribution >= 0.6 is 34.3 Å². The van der Waals surface area contributed by atoms with E-state index in [0.717, 1.165) is 25.9 Å². The van der Waals surface area contributed by atoms with E-state index in [2.05, 4.69) is 17.3 Å². The van der Waals surface area contributed by atoms with Crippen LogP contribution in [0.3, 0.4) is 0 Å². The zero-order valence-electron chi connectivity index (χ0n) is 18.8. The topological polar surface area (TPSA) is 82.2 Å². The minimum Gasteiger partial charge on any atom is -0.425 e. The van der Waals surface area contributed by atoms with Crippen molar-refractivity contribution < 1.29 is 19.1 Å². The van der Waals surface area contributed by atoms with Gasteiger partial charge in [0.2, 0.25) is 0 Å². The van der Waals surface area contributed by atoms with E-state index >= 15 is 0 Å². The molecule has 2 atom stereocenters. The number of thiophene rings is 2. The first-order valence-corrected chi connectivity index (χ1v) is 12.8. The molecule has 8 nitrogen and oxygen atoms in total. The number of fused-ring (bicyclic) bond motifs is 1. The molecule has 0 bridgehead atoms. The molecule has 2 aromatic rings. The number of halogens is 1. The summed E-state index contributed by atoms with van der Waals surface area (Å²) in [5.41, 5.74) is 1.22. The summed E-state index contributed by atoms with van der Waals surface area (Å²) in [6, 6.07) is 4.98. The van der Waals surface area contributed by atoms with E-state index in [9.17, 15) is 14.4 Å². The second-order valence-corrected chi connectivity index (χ2v) is 11.4. The molecule has 1 N–H and O–H groups in total. The summed E-state index contributed by atoms with van der Waals surface area (Å²) >= 11 is 8.66. The van der Waals surface area contributed by atoms with Crippen LogP contribution in [0.5, 0.6) is 0 Å². The summed E-state index contributed by atoms with van der Waals surface area (Å²) in [5, 5.41) is 2.95. The summed E-state index contributed by atoms with van der Waals surface area (Å²) in [6.45, 7) is 2.19. The van der Waals surface area contributed by atoms with Gasteiger partial charge in [0.15, 0.2) is 6.23 Å². The van der Waals surface area contributed by atoms with Crippen LogP contribution in [0, 0.1) is 0 Å². The summed E-state index contributed by atoms with van der Waals surface area (Å²) in [5.74, 6) is -0.426. The maximum absolute atomic E-state index is 13.5. The Balaban J connectivity index is 1.51. The lowest BCUT2D eigenvalue weighted by atomic mass is 10.1. The van der Waals surface area contributed by atoms with Gasteiger partial charge in [0, 0.05) is 45.0 Å². The summed E-state index contributed by atoms with van der Waals surface area (Å²) in [7, 11) is 5.29. The second-order valence-electron chi connectivity index (χ2n) is 8.56. The Hall–Kier alpha value is -2.14. The number of hydrogen-bond acceptors (Lipinski definition) is 7. The third kappa shape index (κ3) is 5.51. The zero-order chi connectivity index (χ0) is 23.7. The fourth-order valence-electron chi connectivity index (χ4n) is 4.00. The van der Waals surface area contributed by atoms with E-state index in [4.69, 9.17) is 16.3 Å². The van der Waals surface area contributed by atoms with Gasteiger partial charge in [-0.05, 0) is 43.7 Å². The molecule has 11 heteroatoms. The fraction of sp³-hybridized carbons (Fsp3) is 0.500. The van der Waals surface area contributed by atoms with E-state index in [0.29, 0.717) is 20.5 Å². The Morgan fingerprint density at radius 3 is 2.61 bits per heavy atom. The van der Waals surface area contributed by atoms with Gasteiger partial charge in [-0.1, -0.05) is 11.6 Å². The first kappa shape index (κ1) is 24.0. The van der Waals surface area contributed by atoms with Gasteiger partial charge >= 0.3 is 6.09 Å². The van der Waals surface area contributed by atoms with Gasteiger partial charge in [-0.3, -0.25) is 14.5 Å². The third-order valence-electron chi connectivity index (χ3n) is 5.84. The number of carbonyl (C=O) groups excluding carboxylic acids is 3. The Labute approximate surface area is 206 Å². The molecular weight excluding hydrogens is 484 g/mol. The van der Waals surface area contributed by atoms with Crippen molar-refractivity contribution in [3.63, 3.8) is 0 Å². The molecule has 1 saturated heterocycles. The van der Waals surface area contributed by atoms with Gasteiger partial charge in [0.05, 0.1) is 20.1 Å². The van der Waals surface area contributed by atoms with Crippen molar-refractivity contribution in [2.75, 3.05) is 40.8 Å². The normalized spacial score (nSPS) is 20.8. The lowest BCUT2D eigenvalue weighted by Gasteiger charge is -2.25. The Kier molecular flexibility index (Phi) is 7.28. The molecule has 0 radical (unpaired) electrons. The Morgan fingerprint density at radius 1 is 1.15 bits per heavy atom. The molecule has 3 amide bonds. The number of amides is 3. The fourth-order valence-corrected chi connectivity index (χ4v) is 6.10. The molecule has 0 saturated carbocycles. The number of hydrogen-bond donors (Lipinski definition) is 1. The minimum absolute atomic E-state index is 0.172. The van der Waals surface area contributed by atoms with Gasteiger partial charge in [0.25, 0.3) is 11.8 Å². The number of ether oxygens (including phenoxy) is 1. The largest absolute Gasteiger partial charge is 0.425 e. The maximum atomic E-state index is 13.5. The average molecular weight is 511 g/mol. The SMILES string of the molecule is CN1CCc2cc(C(=O)N3C[C@H](NC(=O)c4ccc(Cl)s4)C[C@@H]3OC(=O)N(C)C)sc2CC1. The van der Waals surface area contributed by atoms with Crippen LogP contribution in [0.1, 0.15) is 36.2 Å². The molecule has 0 aliphatic carbocycles. The molecule has 2 aliphatic rings. The first-order valence-electron chi connectivity index (χ1n) is 10.8. The average Bonchev–Trinajstić information content (AvgIpc) is 3.46. The smallest absolute Gasteiger partial charge is 0.411 e. The molecule has 0 spiro atoms. The summed E-state index contributed by atoms with van der Waals surface area (Å²) < 4.78 is 6.14. The van der Waals surface area contributed by atoms with Crippen molar-refractivity contribution >= 4 is 52.2 Å². The standard InChI is InChI=1S/C22H27ClN4O4S2/c1-25(2)22(30)31-19-11-14(24-20(28)16-4-5-18(23)33-16)12-27(19)21(29)17-10-13-6-8-26(3)9-7-15(13)32-17/h4-5,10,14,19H,6-9,11-12H2,1-3H3,(H,24,28)/t14-,19+/m1/s1. The highest BCUT2D eigenvalue weighted by atomic mass is 35.5. The van der Waals surface area contributed by atoms with Crippen LogP contribution < -0.4 is 5.32 Å². The molecule has 4 rings (SSSR count). The van der Waals surface area contributed by atoms with Gasteiger partial charge in [-0.25, -0.2) is 4.79 Å². The monoisotopic (exact) mass is 510 g/mol. The predicted octanol–water partition coefficient (Wildman–Crippen LogP) is 3.16. The number of likely N-dealkylation sites (N-methyl/N-ethyl adjacent to an activating group) is 1. The molecular formula is C22H27ClN4O4S2. The highest BCUT2D eigenvalue weighted by molar-refractivity contribution is 7.18. The van der Waals surface area contributed by atoms with Gasteiger partial charge in [-0.2, -0.15) is 0 Å². The van der Waals surface area contributed by atoms with Gasteiger partial charge < -0.3 is 19.9 Å². The molecule has 4 heterocycles. The molecule has 0 aromatic carbocycles. The van der Waals surface area contributed by atoms with E-state index in [-0.39, 0.29) is 24.4 Å². The Bertz CT molecular complexity index is 1030. The summed E-state index contributed by atoms with van der Waals surface area (Å²) in [6.07, 6.45) is 0.880. The number of carbonyl (C=O) groups is 3. The van der Waals surface area contributed by atoms with Gasteiger partial charge in [0.1, 0.15) is 0 Å². The lowest BCUT2D eigenvalue weighted by molar-refractivity contribution is 0.00479. The maximum Gasteiger partial charge on any atom is 0.411 e. The number of rotatable bonds is 4. The highest BCUT2D eigenvalue weighted by Crippen LogP contribution is 2.30. The number of nitrogens with one attached hydrogen (secondary N) is 1. The van der Waals surface area contributed by atoms with E-state index in [1.165, 1.54) is 38.0 Å². The van der Waals surface area contributed by atoms with Crippen molar-refractivity contribution in [1.82, 2.24) is 20.0 Å². The van der Waals surface area contributed by atoms with Crippen molar-refractivity contribution in [2.45, 2.75) is 31.5 Å². The third-order valence-corrected chi connectivity index (χ3v) is 8.29. The van der Waals surface area contributed by atoms with Crippen LogP contribution in [0.4, 0.5) is 4.79 Å². The Morgan fingerprint density at radius 2 is 1.91 bits per heavy atom. The van der Waals surface area contributed by atoms with Gasteiger partial charge in [-0.15, -0.1) is 22.7 Å². The summed E-state index contributed by atoms with van der Waals surface area (Å²) in [4.78, 5) is 45.9. The quantitative estimate of drug-likeness (QED) is 0.683. The van der Waals surface area contributed by atoms with Crippen molar-refractivity contribution in [3.05, 3.63) is 42.7 Å². The van der Waals surface area contributed by atoms with Crippen LogP contribution in [0.2, 0.25) is 4.34 Å². The molecule has 0 unspecified atom stereocenters. The lowest BCUT2D eigenvalue weighted by Crippen LogP contribution is -2.41. The molecule has 178 valence electrons. The van der Waals surface area contributed by atoms with Crippen molar-refractivity contribution in [3.8, 4) is 0 Å². The van der Waals surface area contributed by atoms with Crippen LogP contribution in [0.15, 0.2) is 18.2 Å². The molecule has 1 fully saturated rings. The molecule has 33 heavy (non-hydrogen) atoms. The van der Waals surface area contributed by atoms with Crippen molar-refractivity contribution in [1.29, 1.82) is 0 Å². The van der Waals surface area contributed by atoms with Crippen LogP contribution in [-0.4, -0.2) is 85.7 Å². The van der Waals surface area contributed by atoms with Crippen molar-refractivity contribution in [2.24, 2.45) is 0 Å². The first-order chi connectivity index (χ1) is 15.7. The minimum atomic E-state index is -0.752. The van der Waals surface area contributed by atoms with Crippen LogP contribution in [-0.2, 0) is 17.6 Å². The zero-order valence-corrected chi connectivity index (χ0v) is 21.2. The molecule has 2 aliphatic heterocycles. The number of likely N-dealkylation sites (tertiary alicyclic amines) is 1. The van der Waals surface area contributed by atoms with E-state index in [1.54, 1.807) is 31.1 Å². The molecule has 2 aromatic heterocycles. The number of nitrogens with zero attached hydrogens (tertiary/aromatic N) is 3. The van der Waals surface area contributed by atoms with E-state index < -0.39 is 12.3 Å². The predicted molar refractivity (Wildman–Crippen MR) is 129 cm³/mol. The van der Waals surface area contributed by atoms with E-state index in [1.807, 2.05) is 6.07 Å². The highest BCUT2D eigenvalue weighted by Gasteiger charge is 2.40.